The molecule has 8 heteroatoms. The lowest BCUT2D eigenvalue weighted by Crippen LogP contribution is -2.50. The zero-order valence-corrected chi connectivity index (χ0v) is 13.2. The molecule has 1 aromatic rings. The number of carboxylic acid groups (broad SMARTS) is 1. The molecular formula is C13H18N2O4S2. The Bertz CT molecular complexity index is 640. The van der Waals surface area contributed by atoms with Gasteiger partial charge in [0, 0.05) is 31.1 Å². The Morgan fingerprint density at radius 1 is 1.33 bits per heavy atom. The minimum Gasteiger partial charge on any atom is -0.481 e. The molecule has 0 bridgehead atoms. The van der Waals surface area contributed by atoms with E-state index in [9.17, 15) is 13.2 Å². The van der Waals surface area contributed by atoms with Crippen LogP contribution in [0.1, 0.15) is 23.3 Å². The maximum atomic E-state index is 12.7. The van der Waals surface area contributed by atoms with Crippen LogP contribution in [0.25, 0.3) is 0 Å². The molecule has 1 saturated heterocycles. The lowest BCUT2D eigenvalue weighted by atomic mass is 10.0. The molecule has 2 aliphatic rings. The van der Waals surface area contributed by atoms with E-state index in [1.54, 1.807) is 11.3 Å². The van der Waals surface area contributed by atoms with E-state index in [1.165, 1.54) is 13.5 Å². The van der Waals surface area contributed by atoms with Crippen LogP contribution in [0.3, 0.4) is 0 Å². The quantitative estimate of drug-likeness (QED) is 0.902. The summed E-state index contributed by atoms with van der Waals surface area (Å²) in [5.74, 6) is -1.50. The smallest absolute Gasteiger partial charge is 0.307 e. The highest BCUT2D eigenvalue weighted by molar-refractivity contribution is 7.86. The van der Waals surface area contributed by atoms with Crippen LogP contribution in [-0.2, 0) is 28.0 Å². The van der Waals surface area contributed by atoms with Crippen molar-refractivity contribution >= 4 is 27.5 Å². The van der Waals surface area contributed by atoms with Crippen molar-refractivity contribution in [2.24, 2.45) is 5.92 Å². The zero-order valence-electron chi connectivity index (χ0n) is 11.6. The van der Waals surface area contributed by atoms with Gasteiger partial charge in [0.2, 0.25) is 0 Å². The molecule has 1 atom stereocenters. The summed E-state index contributed by atoms with van der Waals surface area (Å²) in [4.78, 5) is 12.4. The van der Waals surface area contributed by atoms with Crippen molar-refractivity contribution in [1.29, 1.82) is 0 Å². The fourth-order valence-corrected chi connectivity index (χ4v) is 5.51. The fraction of sp³-hybridized carbons (Fsp3) is 0.615. The van der Waals surface area contributed by atoms with Crippen LogP contribution >= 0.6 is 11.3 Å². The normalized spacial score (nSPS) is 24.7. The molecule has 0 aliphatic carbocycles. The molecule has 1 N–H and O–H groups in total. The van der Waals surface area contributed by atoms with Crippen LogP contribution in [0.15, 0.2) is 11.4 Å². The number of carboxylic acids is 1. The Labute approximate surface area is 128 Å². The third-order valence-electron chi connectivity index (χ3n) is 4.16. The average Bonchev–Trinajstić information content (AvgIpc) is 2.94. The van der Waals surface area contributed by atoms with Crippen molar-refractivity contribution in [3.05, 3.63) is 21.9 Å². The number of fused-ring (bicyclic) bond motifs is 1. The highest BCUT2D eigenvalue weighted by Crippen LogP contribution is 2.28. The van der Waals surface area contributed by atoms with E-state index in [-0.39, 0.29) is 6.54 Å². The monoisotopic (exact) mass is 330 g/mol. The van der Waals surface area contributed by atoms with Crippen LogP contribution in [0, 0.1) is 5.92 Å². The van der Waals surface area contributed by atoms with Crippen molar-refractivity contribution in [3.63, 3.8) is 0 Å². The van der Waals surface area contributed by atoms with Gasteiger partial charge in [-0.05, 0) is 36.3 Å². The number of thiophene rings is 1. The van der Waals surface area contributed by atoms with Crippen LogP contribution < -0.4 is 0 Å². The first-order valence-electron chi connectivity index (χ1n) is 7.02. The van der Waals surface area contributed by atoms with E-state index in [0.717, 1.165) is 12.0 Å². The number of rotatable bonds is 3. The van der Waals surface area contributed by atoms with Gasteiger partial charge in [0.1, 0.15) is 0 Å². The third kappa shape index (κ3) is 2.85. The summed E-state index contributed by atoms with van der Waals surface area (Å²) in [6.07, 6.45) is 1.90. The fourth-order valence-electron chi connectivity index (χ4n) is 2.94. The summed E-state index contributed by atoms with van der Waals surface area (Å²) in [5.41, 5.74) is 1.07. The second-order valence-corrected chi connectivity index (χ2v) is 8.42. The zero-order chi connectivity index (χ0) is 15.0. The van der Waals surface area contributed by atoms with E-state index >= 15 is 0 Å². The maximum absolute atomic E-state index is 12.7. The molecule has 6 nitrogen and oxygen atoms in total. The Kier molecular flexibility index (Phi) is 4.04. The molecule has 2 aliphatic heterocycles. The highest BCUT2D eigenvalue weighted by Gasteiger charge is 2.37. The number of carbonyl (C=O) groups is 1. The second-order valence-electron chi connectivity index (χ2n) is 5.50. The third-order valence-corrected chi connectivity index (χ3v) is 7.13. The number of nitrogens with zero attached hydrogens (tertiary/aromatic N) is 2. The molecule has 1 fully saturated rings. The van der Waals surface area contributed by atoms with Gasteiger partial charge in [-0.25, -0.2) is 0 Å². The standard InChI is InChI=1S/C13H18N2O4S2/c16-13(17)11-2-1-5-14(9-11)21(18,19)15-6-3-12-10(8-15)4-7-20-12/h4,7,11H,1-3,5-6,8-9H2,(H,16,17). The second kappa shape index (κ2) is 5.68. The van der Waals surface area contributed by atoms with Crippen molar-refractivity contribution in [2.75, 3.05) is 19.6 Å². The Morgan fingerprint density at radius 3 is 2.90 bits per heavy atom. The van der Waals surface area contributed by atoms with Crippen LogP contribution in [0.4, 0.5) is 0 Å². The van der Waals surface area contributed by atoms with E-state index in [2.05, 4.69) is 0 Å². The first-order valence-corrected chi connectivity index (χ1v) is 9.29. The van der Waals surface area contributed by atoms with Crippen molar-refractivity contribution < 1.29 is 18.3 Å². The van der Waals surface area contributed by atoms with Crippen molar-refractivity contribution in [2.45, 2.75) is 25.8 Å². The molecule has 116 valence electrons. The van der Waals surface area contributed by atoms with Crippen LogP contribution in [-0.4, -0.2) is 47.7 Å². The van der Waals surface area contributed by atoms with Gasteiger partial charge in [0.05, 0.1) is 5.92 Å². The number of hydrogen-bond donors (Lipinski definition) is 1. The summed E-state index contributed by atoms with van der Waals surface area (Å²) in [5, 5.41) is 11.1. The van der Waals surface area contributed by atoms with Gasteiger partial charge in [0.15, 0.2) is 0 Å². The Morgan fingerprint density at radius 2 is 2.14 bits per heavy atom. The van der Waals surface area contributed by atoms with Crippen molar-refractivity contribution in [1.82, 2.24) is 8.61 Å². The molecular weight excluding hydrogens is 312 g/mol. The SMILES string of the molecule is O=C(O)C1CCCN(S(=O)(=O)N2CCc3sccc3C2)C1. The molecule has 0 radical (unpaired) electrons. The lowest BCUT2D eigenvalue weighted by Gasteiger charge is -2.35. The van der Waals surface area contributed by atoms with Crippen molar-refractivity contribution in [3.8, 4) is 0 Å². The van der Waals surface area contributed by atoms with Crippen LogP contribution in [0.5, 0.6) is 0 Å². The van der Waals surface area contributed by atoms with Gasteiger partial charge < -0.3 is 5.11 Å². The number of hydrogen-bond acceptors (Lipinski definition) is 4. The molecule has 21 heavy (non-hydrogen) atoms. The molecule has 0 spiro atoms. The lowest BCUT2D eigenvalue weighted by molar-refractivity contribution is -0.142. The van der Waals surface area contributed by atoms with Gasteiger partial charge in [-0.1, -0.05) is 0 Å². The molecule has 1 unspecified atom stereocenters. The highest BCUT2D eigenvalue weighted by atomic mass is 32.2. The Balaban J connectivity index is 1.76. The summed E-state index contributed by atoms with van der Waals surface area (Å²) in [7, 11) is -3.56. The van der Waals surface area contributed by atoms with Gasteiger partial charge in [-0.3, -0.25) is 4.79 Å². The first-order chi connectivity index (χ1) is 9.98. The predicted molar refractivity (Wildman–Crippen MR) is 79.3 cm³/mol. The van der Waals surface area contributed by atoms with E-state index in [4.69, 9.17) is 5.11 Å². The largest absolute Gasteiger partial charge is 0.481 e. The molecule has 3 heterocycles. The minimum absolute atomic E-state index is 0.0880. The Hall–Kier alpha value is -0.960. The summed E-state index contributed by atoms with van der Waals surface area (Å²) >= 11 is 1.67. The first kappa shape index (κ1) is 15.0. The molecule has 0 saturated carbocycles. The van der Waals surface area contributed by atoms with Gasteiger partial charge in [-0.2, -0.15) is 17.0 Å². The van der Waals surface area contributed by atoms with E-state index < -0.39 is 22.1 Å². The molecule has 0 aromatic carbocycles. The minimum atomic E-state index is -3.56. The topological polar surface area (TPSA) is 77.9 Å². The van der Waals surface area contributed by atoms with E-state index in [1.807, 2.05) is 11.4 Å². The number of piperidine rings is 1. The molecule has 1 aromatic heterocycles. The average molecular weight is 330 g/mol. The maximum Gasteiger partial charge on any atom is 0.307 e. The molecule has 0 amide bonds. The van der Waals surface area contributed by atoms with Gasteiger partial charge in [-0.15, -0.1) is 11.3 Å². The van der Waals surface area contributed by atoms with E-state index in [0.29, 0.717) is 32.5 Å². The molecule has 3 rings (SSSR count). The summed E-state index contributed by atoms with van der Waals surface area (Å²) in [6, 6.07) is 1.97. The predicted octanol–water partition coefficient (Wildman–Crippen LogP) is 1.15. The number of aliphatic carboxylic acids is 1. The summed E-state index contributed by atoms with van der Waals surface area (Å²) in [6.45, 7) is 1.38. The van der Waals surface area contributed by atoms with Crippen LogP contribution in [0.2, 0.25) is 0 Å². The summed E-state index contributed by atoms with van der Waals surface area (Å²) < 4.78 is 28.2. The van der Waals surface area contributed by atoms with Gasteiger partial charge in [0.25, 0.3) is 10.2 Å². The van der Waals surface area contributed by atoms with Gasteiger partial charge >= 0.3 is 5.97 Å².